The van der Waals surface area contributed by atoms with Crippen LogP contribution in [-0.2, 0) is 20.2 Å². The highest BCUT2D eigenvalue weighted by atomic mass is 35.7. The van der Waals surface area contributed by atoms with Crippen LogP contribution in [0.4, 0.5) is 0 Å². The van der Waals surface area contributed by atoms with Crippen LogP contribution in [0, 0.1) is 5.92 Å². The average molecular weight is 335 g/mol. The lowest BCUT2D eigenvalue weighted by Crippen LogP contribution is -2.19. The Morgan fingerprint density at radius 1 is 1.24 bits per heavy atom. The molecule has 120 valence electrons. The number of hydrogen-bond acceptors (Lipinski definition) is 4. The fourth-order valence-corrected chi connectivity index (χ4v) is 3.45. The van der Waals surface area contributed by atoms with Gasteiger partial charge in [0.2, 0.25) is 9.05 Å². The fraction of sp³-hybridized carbons (Fsp3) is 0.600. The smallest absolute Gasteiger partial charge is 0.232 e. The molecule has 1 unspecified atom stereocenters. The van der Waals surface area contributed by atoms with Crippen LogP contribution < -0.4 is 4.74 Å². The lowest BCUT2D eigenvalue weighted by molar-refractivity contribution is 0.202. The molecule has 0 bridgehead atoms. The zero-order valence-electron chi connectivity index (χ0n) is 12.5. The van der Waals surface area contributed by atoms with Crippen LogP contribution >= 0.6 is 10.7 Å². The van der Waals surface area contributed by atoms with Crippen molar-refractivity contribution in [2.24, 2.45) is 5.92 Å². The molecule has 0 saturated carbocycles. The maximum Gasteiger partial charge on any atom is 0.232 e. The minimum Gasteiger partial charge on any atom is -0.493 e. The molecule has 0 radical (unpaired) electrons. The van der Waals surface area contributed by atoms with Gasteiger partial charge in [-0.2, -0.15) is 0 Å². The summed E-state index contributed by atoms with van der Waals surface area (Å²) < 4.78 is 33.0. The fourth-order valence-electron chi connectivity index (χ4n) is 2.09. The molecular weight excluding hydrogens is 312 g/mol. The van der Waals surface area contributed by atoms with Gasteiger partial charge in [0.05, 0.1) is 19.0 Å². The van der Waals surface area contributed by atoms with Crippen LogP contribution in [0.1, 0.15) is 25.3 Å². The first kappa shape index (κ1) is 18.3. The Kier molecular flexibility index (Phi) is 8.07. The molecule has 0 aliphatic carbocycles. The number of halogens is 1. The normalized spacial score (nSPS) is 13.1. The zero-order chi connectivity index (χ0) is 15.7. The Bertz CT molecular complexity index is 499. The standard InChI is InChI=1S/C15H23ClO4S/c1-3-4-14(12-21(16,17)18)11-20-15-7-5-13(6-8-15)9-10-19-2/h5-8,14H,3-4,9-12H2,1-2H3. The van der Waals surface area contributed by atoms with Gasteiger partial charge in [-0.1, -0.05) is 25.5 Å². The summed E-state index contributed by atoms with van der Waals surface area (Å²) in [5, 5.41) is 0. The monoisotopic (exact) mass is 334 g/mol. The van der Waals surface area contributed by atoms with Crippen molar-refractivity contribution < 1.29 is 17.9 Å². The summed E-state index contributed by atoms with van der Waals surface area (Å²) in [7, 11) is 3.51. The van der Waals surface area contributed by atoms with Crippen molar-refractivity contribution in [3.8, 4) is 5.75 Å². The van der Waals surface area contributed by atoms with Gasteiger partial charge in [-0.25, -0.2) is 8.42 Å². The van der Waals surface area contributed by atoms with Gasteiger partial charge in [0.15, 0.2) is 0 Å². The van der Waals surface area contributed by atoms with Crippen molar-refractivity contribution in [1.29, 1.82) is 0 Å². The molecule has 1 atom stereocenters. The minimum absolute atomic E-state index is 0.0473. The summed E-state index contributed by atoms with van der Waals surface area (Å²) in [4.78, 5) is 0. The number of methoxy groups -OCH3 is 1. The predicted octanol–water partition coefficient (Wildman–Crippen LogP) is 3.24. The summed E-state index contributed by atoms with van der Waals surface area (Å²) >= 11 is 0. The van der Waals surface area contributed by atoms with Crippen molar-refractivity contribution in [2.75, 3.05) is 26.1 Å². The summed E-state index contributed by atoms with van der Waals surface area (Å²) in [6.45, 7) is 3.06. The van der Waals surface area contributed by atoms with Crippen LogP contribution in [0.15, 0.2) is 24.3 Å². The lowest BCUT2D eigenvalue weighted by Gasteiger charge is -2.15. The Morgan fingerprint density at radius 3 is 2.43 bits per heavy atom. The van der Waals surface area contributed by atoms with Crippen LogP contribution in [-0.4, -0.2) is 34.5 Å². The van der Waals surface area contributed by atoms with Gasteiger partial charge < -0.3 is 9.47 Å². The van der Waals surface area contributed by atoms with Crippen LogP contribution in [0.25, 0.3) is 0 Å². The molecule has 1 aromatic carbocycles. The highest BCUT2D eigenvalue weighted by molar-refractivity contribution is 8.13. The predicted molar refractivity (Wildman–Crippen MR) is 85.6 cm³/mol. The van der Waals surface area contributed by atoms with Gasteiger partial charge in [0, 0.05) is 23.7 Å². The molecule has 0 spiro atoms. The van der Waals surface area contributed by atoms with E-state index in [1.54, 1.807) is 7.11 Å². The third kappa shape index (κ3) is 8.29. The van der Waals surface area contributed by atoms with Gasteiger partial charge in [-0.05, 0) is 30.5 Å². The van der Waals surface area contributed by atoms with Crippen molar-refractivity contribution in [3.05, 3.63) is 29.8 Å². The highest BCUT2D eigenvalue weighted by Gasteiger charge is 2.17. The third-order valence-electron chi connectivity index (χ3n) is 3.14. The molecule has 0 fully saturated rings. The van der Waals surface area contributed by atoms with E-state index in [4.69, 9.17) is 20.2 Å². The molecule has 6 heteroatoms. The van der Waals surface area contributed by atoms with Gasteiger partial charge in [-0.15, -0.1) is 0 Å². The van der Waals surface area contributed by atoms with Gasteiger partial charge in [0.1, 0.15) is 5.75 Å². The number of ether oxygens (including phenoxy) is 2. The second-order valence-corrected chi connectivity index (χ2v) is 7.88. The van der Waals surface area contributed by atoms with E-state index in [1.165, 1.54) is 5.56 Å². The maximum absolute atomic E-state index is 11.2. The van der Waals surface area contributed by atoms with E-state index < -0.39 is 9.05 Å². The van der Waals surface area contributed by atoms with E-state index in [0.717, 1.165) is 25.0 Å². The van der Waals surface area contributed by atoms with Crippen LogP contribution in [0.2, 0.25) is 0 Å². The van der Waals surface area contributed by atoms with Crippen LogP contribution in [0.5, 0.6) is 5.75 Å². The molecule has 0 aliphatic rings. The Morgan fingerprint density at radius 2 is 1.90 bits per heavy atom. The first-order valence-corrected chi connectivity index (χ1v) is 9.55. The summed E-state index contributed by atoms with van der Waals surface area (Å²) in [5.74, 6) is 0.615. The second-order valence-electron chi connectivity index (χ2n) is 5.06. The number of benzene rings is 1. The molecule has 1 aromatic rings. The number of hydrogen-bond donors (Lipinski definition) is 0. The zero-order valence-corrected chi connectivity index (χ0v) is 14.1. The first-order valence-electron chi connectivity index (χ1n) is 7.07. The quantitative estimate of drug-likeness (QED) is 0.616. The molecule has 21 heavy (non-hydrogen) atoms. The van der Waals surface area contributed by atoms with Crippen molar-refractivity contribution in [2.45, 2.75) is 26.2 Å². The van der Waals surface area contributed by atoms with E-state index in [1.807, 2.05) is 31.2 Å². The number of rotatable bonds is 10. The van der Waals surface area contributed by atoms with Crippen molar-refractivity contribution in [3.63, 3.8) is 0 Å². The molecule has 1 rings (SSSR count). The van der Waals surface area contributed by atoms with Gasteiger partial charge >= 0.3 is 0 Å². The van der Waals surface area contributed by atoms with Crippen LogP contribution in [0.3, 0.4) is 0 Å². The maximum atomic E-state index is 11.2. The van der Waals surface area contributed by atoms with E-state index in [0.29, 0.717) is 13.2 Å². The first-order chi connectivity index (χ1) is 9.94. The topological polar surface area (TPSA) is 52.6 Å². The average Bonchev–Trinajstić information content (AvgIpc) is 2.42. The summed E-state index contributed by atoms with van der Waals surface area (Å²) in [5.41, 5.74) is 1.18. The Balaban J connectivity index is 2.51. The molecule has 0 aliphatic heterocycles. The molecule has 0 N–H and O–H groups in total. The SMILES string of the molecule is CCCC(COc1ccc(CCOC)cc1)CS(=O)(=O)Cl. The molecule has 0 saturated heterocycles. The van der Waals surface area contributed by atoms with Gasteiger partial charge in [0.25, 0.3) is 0 Å². The molecule has 4 nitrogen and oxygen atoms in total. The highest BCUT2D eigenvalue weighted by Crippen LogP contribution is 2.17. The van der Waals surface area contributed by atoms with Crippen molar-refractivity contribution in [1.82, 2.24) is 0 Å². The largest absolute Gasteiger partial charge is 0.493 e. The molecule has 0 heterocycles. The molecule has 0 aromatic heterocycles. The summed E-state index contributed by atoms with van der Waals surface area (Å²) in [6.07, 6.45) is 2.54. The minimum atomic E-state index is -3.49. The van der Waals surface area contributed by atoms with Gasteiger partial charge in [-0.3, -0.25) is 0 Å². The summed E-state index contributed by atoms with van der Waals surface area (Å²) in [6, 6.07) is 7.76. The van der Waals surface area contributed by atoms with E-state index >= 15 is 0 Å². The van der Waals surface area contributed by atoms with E-state index in [2.05, 4.69) is 0 Å². The Labute approximate surface area is 131 Å². The lowest BCUT2D eigenvalue weighted by atomic mass is 10.1. The molecular formula is C15H23ClO4S. The third-order valence-corrected chi connectivity index (χ3v) is 4.38. The van der Waals surface area contributed by atoms with E-state index in [-0.39, 0.29) is 11.7 Å². The van der Waals surface area contributed by atoms with E-state index in [9.17, 15) is 8.42 Å². The molecule has 0 amide bonds. The second kappa shape index (κ2) is 9.28. The Hall–Kier alpha value is -0.780. The van der Waals surface area contributed by atoms with Crippen molar-refractivity contribution >= 4 is 19.7 Å².